The first-order chi connectivity index (χ1) is 9.11. The number of piperidine rings is 1. The van der Waals surface area contributed by atoms with Crippen molar-refractivity contribution < 1.29 is 13.6 Å². The van der Waals surface area contributed by atoms with Gasteiger partial charge in [0.05, 0.1) is 5.56 Å². The van der Waals surface area contributed by atoms with E-state index in [0.717, 1.165) is 37.6 Å². The topological polar surface area (TPSA) is 32.3 Å². The van der Waals surface area contributed by atoms with Crippen LogP contribution in [0.2, 0.25) is 0 Å². The molecule has 1 saturated heterocycles. The van der Waals surface area contributed by atoms with Crippen LogP contribution in [-0.4, -0.2) is 37.5 Å². The van der Waals surface area contributed by atoms with E-state index < -0.39 is 17.5 Å². The Bertz CT molecular complexity index is 462. The highest BCUT2D eigenvalue weighted by atomic mass is 35.5. The molecular weight excluding hydrogens is 286 g/mol. The predicted octanol–water partition coefficient (Wildman–Crippen LogP) is 2.46. The molecular formula is C14H19ClF2N2O. The summed E-state index contributed by atoms with van der Waals surface area (Å²) in [6.07, 6.45) is 1.78. The molecule has 20 heavy (non-hydrogen) atoms. The molecule has 1 aromatic rings. The summed E-state index contributed by atoms with van der Waals surface area (Å²) in [5.74, 6) is -1.12. The first-order valence-corrected chi connectivity index (χ1v) is 6.50. The Morgan fingerprint density at radius 1 is 1.35 bits per heavy atom. The Labute approximate surface area is 123 Å². The number of hydrogen-bond acceptors (Lipinski definition) is 2. The number of carbonyl (C=O) groups is 1. The van der Waals surface area contributed by atoms with Crippen molar-refractivity contribution in [3.63, 3.8) is 0 Å². The second kappa shape index (κ2) is 7.55. The van der Waals surface area contributed by atoms with E-state index >= 15 is 0 Å². The van der Waals surface area contributed by atoms with Crippen LogP contribution in [0, 0.1) is 17.6 Å². The minimum absolute atomic E-state index is 0. The van der Waals surface area contributed by atoms with Gasteiger partial charge in [0.2, 0.25) is 0 Å². The molecule has 0 bridgehead atoms. The van der Waals surface area contributed by atoms with Crippen LogP contribution < -0.4 is 5.32 Å². The van der Waals surface area contributed by atoms with Gasteiger partial charge in [-0.25, -0.2) is 8.78 Å². The molecule has 2 rings (SSSR count). The molecule has 1 N–H and O–H groups in total. The Hall–Kier alpha value is -1.20. The molecule has 1 heterocycles. The summed E-state index contributed by atoms with van der Waals surface area (Å²) >= 11 is 0. The van der Waals surface area contributed by atoms with Crippen LogP contribution in [0.15, 0.2) is 18.2 Å². The van der Waals surface area contributed by atoms with E-state index in [0.29, 0.717) is 19.0 Å². The number of amides is 1. The molecule has 0 unspecified atom stereocenters. The molecule has 3 nitrogen and oxygen atoms in total. The Kier molecular flexibility index (Phi) is 6.36. The third-order valence-corrected chi connectivity index (χ3v) is 3.55. The van der Waals surface area contributed by atoms with Crippen molar-refractivity contribution in [1.29, 1.82) is 0 Å². The third kappa shape index (κ3) is 3.90. The molecule has 0 radical (unpaired) electrons. The van der Waals surface area contributed by atoms with Crippen molar-refractivity contribution in [2.24, 2.45) is 5.92 Å². The van der Waals surface area contributed by atoms with Crippen molar-refractivity contribution >= 4 is 18.3 Å². The monoisotopic (exact) mass is 304 g/mol. The van der Waals surface area contributed by atoms with Gasteiger partial charge in [-0.1, -0.05) is 0 Å². The lowest BCUT2D eigenvalue weighted by Gasteiger charge is -2.32. The molecule has 1 aliphatic rings. The summed E-state index contributed by atoms with van der Waals surface area (Å²) < 4.78 is 26.6. The number of carbonyl (C=O) groups excluding carboxylic acids is 1. The summed E-state index contributed by atoms with van der Waals surface area (Å²) in [6, 6.07) is 2.99. The van der Waals surface area contributed by atoms with Gasteiger partial charge in [0, 0.05) is 13.1 Å². The summed E-state index contributed by atoms with van der Waals surface area (Å²) in [4.78, 5) is 13.7. The van der Waals surface area contributed by atoms with Crippen molar-refractivity contribution in [2.45, 2.75) is 12.8 Å². The zero-order valence-corrected chi connectivity index (χ0v) is 12.2. The maximum Gasteiger partial charge on any atom is 0.256 e. The van der Waals surface area contributed by atoms with E-state index in [4.69, 9.17) is 0 Å². The van der Waals surface area contributed by atoms with E-state index in [1.807, 2.05) is 7.05 Å². The lowest BCUT2D eigenvalue weighted by molar-refractivity contribution is 0.0685. The fourth-order valence-electron chi connectivity index (χ4n) is 2.46. The third-order valence-electron chi connectivity index (χ3n) is 3.55. The van der Waals surface area contributed by atoms with Gasteiger partial charge in [-0.05, 0) is 50.6 Å². The first-order valence-electron chi connectivity index (χ1n) is 6.50. The van der Waals surface area contributed by atoms with Crippen molar-refractivity contribution in [1.82, 2.24) is 10.2 Å². The Balaban J connectivity index is 0.00000200. The van der Waals surface area contributed by atoms with Crippen LogP contribution in [-0.2, 0) is 0 Å². The minimum Gasteiger partial charge on any atom is -0.339 e. The molecule has 0 aromatic heterocycles. The molecule has 1 amide bonds. The molecule has 0 spiro atoms. The SMILES string of the molecule is CNCC1CCN(C(=O)c2cc(F)ccc2F)CC1.Cl. The highest BCUT2D eigenvalue weighted by molar-refractivity contribution is 5.94. The van der Waals surface area contributed by atoms with E-state index in [1.165, 1.54) is 0 Å². The second-order valence-corrected chi connectivity index (χ2v) is 4.92. The van der Waals surface area contributed by atoms with Crippen LogP contribution in [0.1, 0.15) is 23.2 Å². The van der Waals surface area contributed by atoms with E-state index in [9.17, 15) is 13.6 Å². The smallest absolute Gasteiger partial charge is 0.256 e. The standard InChI is InChI=1S/C14H18F2N2O.ClH/c1-17-9-10-4-6-18(7-5-10)14(19)12-8-11(15)2-3-13(12)16;/h2-3,8,10,17H,4-7,9H2,1H3;1H. The van der Waals surface area contributed by atoms with Crippen LogP contribution in [0.3, 0.4) is 0 Å². The van der Waals surface area contributed by atoms with Gasteiger partial charge in [-0.3, -0.25) is 4.79 Å². The lowest BCUT2D eigenvalue weighted by Crippen LogP contribution is -2.40. The molecule has 1 aromatic carbocycles. The predicted molar refractivity (Wildman–Crippen MR) is 76.2 cm³/mol. The summed E-state index contributed by atoms with van der Waals surface area (Å²) in [5.41, 5.74) is -0.174. The maximum absolute atomic E-state index is 13.5. The summed E-state index contributed by atoms with van der Waals surface area (Å²) in [7, 11) is 1.90. The first kappa shape index (κ1) is 16.9. The second-order valence-electron chi connectivity index (χ2n) is 4.92. The molecule has 0 aliphatic carbocycles. The van der Waals surface area contributed by atoms with Crippen LogP contribution in [0.25, 0.3) is 0 Å². The zero-order valence-electron chi connectivity index (χ0n) is 11.4. The molecule has 1 aliphatic heterocycles. The van der Waals surface area contributed by atoms with Crippen LogP contribution >= 0.6 is 12.4 Å². The number of benzene rings is 1. The minimum atomic E-state index is -0.663. The zero-order chi connectivity index (χ0) is 13.8. The largest absolute Gasteiger partial charge is 0.339 e. The molecule has 0 atom stereocenters. The number of nitrogens with zero attached hydrogens (tertiary/aromatic N) is 1. The number of rotatable bonds is 3. The number of halogens is 3. The quantitative estimate of drug-likeness (QED) is 0.930. The van der Waals surface area contributed by atoms with Gasteiger partial charge in [0.25, 0.3) is 5.91 Å². The normalized spacial score (nSPS) is 15.8. The fraction of sp³-hybridized carbons (Fsp3) is 0.500. The van der Waals surface area contributed by atoms with E-state index in [-0.39, 0.29) is 18.0 Å². The lowest BCUT2D eigenvalue weighted by atomic mass is 9.96. The summed E-state index contributed by atoms with van der Waals surface area (Å²) in [5, 5.41) is 3.12. The molecule has 1 fully saturated rings. The number of hydrogen-bond donors (Lipinski definition) is 1. The summed E-state index contributed by atoms with van der Waals surface area (Å²) in [6.45, 7) is 2.12. The Morgan fingerprint density at radius 2 is 2.00 bits per heavy atom. The average Bonchev–Trinajstić information content (AvgIpc) is 2.42. The van der Waals surface area contributed by atoms with Gasteiger partial charge >= 0.3 is 0 Å². The molecule has 0 saturated carbocycles. The van der Waals surface area contributed by atoms with Crippen LogP contribution in [0.4, 0.5) is 8.78 Å². The molecule has 112 valence electrons. The van der Waals surface area contributed by atoms with Crippen molar-refractivity contribution in [3.8, 4) is 0 Å². The van der Waals surface area contributed by atoms with Gasteiger partial charge in [0.15, 0.2) is 0 Å². The van der Waals surface area contributed by atoms with E-state index in [1.54, 1.807) is 4.90 Å². The van der Waals surface area contributed by atoms with E-state index in [2.05, 4.69) is 5.32 Å². The van der Waals surface area contributed by atoms with Gasteiger partial charge < -0.3 is 10.2 Å². The average molecular weight is 305 g/mol. The maximum atomic E-state index is 13.5. The molecule has 6 heteroatoms. The van der Waals surface area contributed by atoms with Gasteiger partial charge in [0.1, 0.15) is 11.6 Å². The highest BCUT2D eigenvalue weighted by Crippen LogP contribution is 2.20. The van der Waals surface area contributed by atoms with Gasteiger partial charge in [-0.2, -0.15) is 0 Å². The Morgan fingerprint density at radius 3 is 2.60 bits per heavy atom. The van der Waals surface area contributed by atoms with Gasteiger partial charge in [-0.15, -0.1) is 12.4 Å². The van der Waals surface area contributed by atoms with Crippen molar-refractivity contribution in [3.05, 3.63) is 35.4 Å². The highest BCUT2D eigenvalue weighted by Gasteiger charge is 2.25. The van der Waals surface area contributed by atoms with Crippen molar-refractivity contribution in [2.75, 3.05) is 26.7 Å². The van der Waals surface area contributed by atoms with Crippen LogP contribution in [0.5, 0.6) is 0 Å². The number of likely N-dealkylation sites (tertiary alicyclic amines) is 1. The number of nitrogens with one attached hydrogen (secondary N) is 1. The fourth-order valence-corrected chi connectivity index (χ4v) is 2.46.